The van der Waals surface area contributed by atoms with Crippen molar-refractivity contribution in [1.29, 1.82) is 0 Å². The molecule has 0 saturated carbocycles. The number of fused-ring (bicyclic) bond motifs is 1. The maximum absolute atomic E-state index is 5.90. The van der Waals surface area contributed by atoms with Crippen LogP contribution < -0.4 is 10.1 Å². The molecule has 0 radical (unpaired) electrons. The molecule has 0 fully saturated rings. The lowest BCUT2D eigenvalue weighted by molar-refractivity contribution is 0.306. The van der Waals surface area contributed by atoms with Gasteiger partial charge in [-0.3, -0.25) is 0 Å². The van der Waals surface area contributed by atoms with E-state index in [1.165, 1.54) is 36.0 Å². The normalized spacial score (nSPS) is 17.8. The number of benzene rings is 1. The van der Waals surface area contributed by atoms with Crippen LogP contribution in [0.1, 0.15) is 42.5 Å². The molecule has 1 heterocycles. The van der Waals surface area contributed by atoms with Gasteiger partial charge in [-0.1, -0.05) is 13.0 Å². The molecule has 0 amide bonds. The van der Waals surface area contributed by atoms with Gasteiger partial charge in [-0.05, 0) is 71.5 Å². The predicted octanol–water partition coefficient (Wildman–Crippen LogP) is 4.31. The van der Waals surface area contributed by atoms with Crippen molar-refractivity contribution in [2.45, 2.75) is 38.8 Å². The van der Waals surface area contributed by atoms with Gasteiger partial charge in [-0.25, -0.2) is 0 Å². The number of ether oxygens (including phenoxy) is 1. The average Bonchev–Trinajstić information content (AvgIpc) is 2.99. The van der Waals surface area contributed by atoms with Crippen molar-refractivity contribution in [2.75, 3.05) is 6.54 Å². The Bertz CT molecular complexity index is 550. The third-order valence-corrected chi connectivity index (χ3v) is 4.60. The van der Waals surface area contributed by atoms with Crippen LogP contribution in [0, 0.1) is 0 Å². The summed E-state index contributed by atoms with van der Waals surface area (Å²) in [5, 5.41) is 7.80. The van der Waals surface area contributed by atoms with Crippen molar-refractivity contribution in [2.24, 2.45) is 0 Å². The van der Waals surface area contributed by atoms with Crippen LogP contribution >= 0.6 is 11.3 Å². The Morgan fingerprint density at radius 3 is 3.10 bits per heavy atom. The second kappa shape index (κ2) is 6.42. The second-order valence-corrected chi connectivity index (χ2v) is 6.06. The van der Waals surface area contributed by atoms with Gasteiger partial charge in [0.05, 0.1) is 0 Å². The van der Waals surface area contributed by atoms with Crippen molar-refractivity contribution >= 4 is 11.3 Å². The summed E-state index contributed by atoms with van der Waals surface area (Å²) in [4.78, 5) is 0. The molecule has 1 aliphatic carbocycles. The largest absolute Gasteiger partial charge is 0.489 e. The lowest BCUT2D eigenvalue weighted by Gasteiger charge is -2.26. The van der Waals surface area contributed by atoms with Gasteiger partial charge >= 0.3 is 0 Å². The van der Waals surface area contributed by atoms with Gasteiger partial charge in [-0.15, -0.1) is 0 Å². The van der Waals surface area contributed by atoms with E-state index in [9.17, 15) is 0 Å². The van der Waals surface area contributed by atoms with Crippen molar-refractivity contribution in [3.05, 3.63) is 51.7 Å². The SMILES string of the molecule is CCNC1CCCc2cc(OCc3ccsc3)ccc21. The van der Waals surface area contributed by atoms with Gasteiger partial charge in [0.15, 0.2) is 0 Å². The van der Waals surface area contributed by atoms with Crippen molar-refractivity contribution < 1.29 is 4.74 Å². The third kappa shape index (κ3) is 3.05. The monoisotopic (exact) mass is 287 g/mol. The predicted molar refractivity (Wildman–Crippen MR) is 84.4 cm³/mol. The molecule has 1 unspecified atom stereocenters. The van der Waals surface area contributed by atoms with Crippen molar-refractivity contribution in [3.63, 3.8) is 0 Å². The van der Waals surface area contributed by atoms with Gasteiger partial charge in [0.2, 0.25) is 0 Å². The van der Waals surface area contributed by atoms with Crippen LogP contribution in [0.2, 0.25) is 0 Å². The van der Waals surface area contributed by atoms with Crippen LogP contribution in [0.15, 0.2) is 35.0 Å². The Labute approximate surface area is 124 Å². The molecule has 0 bridgehead atoms. The zero-order valence-electron chi connectivity index (χ0n) is 11.9. The fourth-order valence-electron chi connectivity index (χ4n) is 2.88. The lowest BCUT2D eigenvalue weighted by Crippen LogP contribution is -2.24. The van der Waals surface area contributed by atoms with Crippen LogP contribution in [0.5, 0.6) is 5.75 Å². The molecule has 1 atom stereocenters. The van der Waals surface area contributed by atoms with Crippen LogP contribution in [-0.4, -0.2) is 6.54 Å². The highest BCUT2D eigenvalue weighted by Gasteiger charge is 2.19. The summed E-state index contributed by atoms with van der Waals surface area (Å²) in [5.41, 5.74) is 4.16. The number of rotatable bonds is 5. The summed E-state index contributed by atoms with van der Waals surface area (Å²) < 4.78 is 5.90. The van der Waals surface area contributed by atoms with Gasteiger partial charge in [0.1, 0.15) is 12.4 Å². The van der Waals surface area contributed by atoms with Crippen LogP contribution in [0.25, 0.3) is 0 Å². The maximum Gasteiger partial charge on any atom is 0.120 e. The first-order valence-electron chi connectivity index (χ1n) is 7.37. The Hall–Kier alpha value is -1.32. The highest BCUT2D eigenvalue weighted by molar-refractivity contribution is 7.07. The van der Waals surface area contributed by atoms with E-state index in [-0.39, 0.29) is 0 Å². The highest BCUT2D eigenvalue weighted by atomic mass is 32.1. The van der Waals surface area contributed by atoms with Crippen LogP contribution in [0.4, 0.5) is 0 Å². The minimum absolute atomic E-state index is 0.523. The molecule has 0 aliphatic heterocycles. The standard InChI is InChI=1S/C17H21NOS/c1-2-18-17-5-3-4-14-10-15(6-7-16(14)17)19-11-13-8-9-20-12-13/h6-10,12,17-18H,2-5,11H2,1H3. The fourth-order valence-corrected chi connectivity index (χ4v) is 3.53. The minimum Gasteiger partial charge on any atom is -0.489 e. The summed E-state index contributed by atoms with van der Waals surface area (Å²) in [5.74, 6) is 0.993. The molecule has 0 saturated heterocycles. The molecule has 20 heavy (non-hydrogen) atoms. The summed E-state index contributed by atoms with van der Waals surface area (Å²) >= 11 is 1.72. The number of hydrogen-bond acceptors (Lipinski definition) is 3. The first-order valence-corrected chi connectivity index (χ1v) is 8.31. The summed E-state index contributed by atoms with van der Waals surface area (Å²) in [6, 6.07) is 9.22. The number of nitrogens with one attached hydrogen (secondary N) is 1. The topological polar surface area (TPSA) is 21.3 Å². The zero-order chi connectivity index (χ0) is 13.8. The molecule has 1 aliphatic rings. The number of aryl methyl sites for hydroxylation is 1. The summed E-state index contributed by atoms with van der Waals surface area (Å²) in [6.45, 7) is 3.87. The molecule has 0 spiro atoms. The second-order valence-electron chi connectivity index (χ2n) is 5.28. The van der Waals surface area contributed by atoms with E-state index in [4.69, 9.17) is 4.74 Å². The Kier molecular flexibility index (Phi) is 4.38. The molecule has 2 aromatic rings. The van der Waals surface area contributed by atoms with Gasteiger partial charge in [0, 0.05) is 6.04 Å². The van der Waals surface area contributed by atoms with Gasteiger partial charge in [0.25, 0.3) is 0 Å². The Morgan fingerprint density at radius 2 is 2.30 bits per heavy atom. The zero-order valence-corrected chi connectivity index (χ0v) is 12.7. The molecular weight excluding hydrogens is 266 g/mol. The van der Waals surface area contributed by atoms with E-state index in [1.807, 2.05) is 0 Å². The van der Waals surface area contributed by atoms with E-state index >= 15 is 0 Å². The molecule has 106 valence electrons. The van der Waals surface area contributed by atoms with Crippen molar-refractivity contribution in [3.8, 4) is 5.75 Å². The first-order chi connectivity index (χ1) is 9.86. The van der Waals surface area contributed by atoms with Crippen LogP contribution in [-0.2, 0) is 13.0 Å². The molecule has 2 nitrogen and oxygen atoms in total. The smallest absolute Gasteiger partial charge is 0.120 e. The molecular formula is C17H21NOS. The highest BCUT2D eigenvalue weighted by Crippen LogP contribution is 2.32. The Balaban J connectivity index is 1.72. The van der Waals surface area contributed by atoms with Gasteiger partial charge in [-0.2, -0.15) is 11.3 Å². The molecule has 3 heteroatoms. The number of hydrogen-bond donors (Lipinski definition) is 1. The molecule has 3 rings (SSSR count). The molecule has 1 aromatic heterocycles. The van der Waals surface area contributed by atoms with Gasteiger partial charge < -0.3 is 10.1 Å². The third-order valence-electron chi connectivity index (χ3n) is 3.86. The minimum atomic E-state index is 0.523. The van der Waals surface area contributed by atoms with Crippen LogP contribution in [0.3, 0.4) is 0 Å². The fraction of sp³-hybridized carbons (Fsp3) is 0.412. The Morgan fingerprint density at radius 1 is 1.35 bits per heavy atom. The van der Waals surface area contributed by atoms with E-state index in [0.29, 0.717) is 12.6 Å². The molecule has 1 N–H and O–H groups in total. The van der Waals surface area contributed by atoms with E-state index in [0.717, 1.165) is 12.3 Å². The lowest BCUT2D eigenvalue weighted by atomic mass is 9.87. The summed E-state index contributed by atoms with van der Waals surface area (Å²) in [7, 11) is 0. The summed E-state index contributed by atoms with van der Waals surface area (Å²) in [6.07, 6.45) is 3.68. The van der Waals surface area contributed by atoms with E-state index in [2.05, 4.69) is 47.3 Å². The quantitative estimate of drug-likeness (QED) is 0.884. The molecule has 1 aromatic carbocycles. The maximum atomic E-state index is 5.90. The van der Waals surface area contributed by atoms with Crippen molar-refractivity contribution in [1.82, 2.24) is 5.32 Å². The van der Waals surface area contributed by atoms with E-state index in [1.54, 1.807) is 11.3 Å². The number of thiophene rings is 1. The van der Waals surface area contributed by atoms with E-state index < -0.39 is 0 Å². The first kappa shape index (κ1) is 13.7. The average molecular weight is 287 g/mol.